The highest BCUT2D eigenvalue weighted by Crippen LogP contribution is 2.20. The number of para-hydroxylation sites is 1. The molecule has 9 heteroatoms. The van der Waals surface area contributed by atoms with Crippen molar-refractivity contribution in [3.8, 4) is 0 Å². The predicted molar refractivity (Wildman–Crippen MR) is 92.6 cm³/mol. The number of carbonyl (C=O) groups excluding carboxylic acids is 3. The van der Waals surface area contributed by atoms with Gasteiger partial charge in [-0.05, 0) is 17.7 Å². The van der Waals surface area contributed by atoms with Crippen LogP contribution in [0.15, 0.2) is 48.5 Å². The summed E-state index contributed by atoms with van der Waals surface area (Å²) >= 11 is 0. The van der Waals surface area contributed by atoms with Crippen molar-refractivity contribution in [1.29, 1.82) is 0 Å². The summed E-state index contributed by atoms with van der Waals surface area (Å²) in [6.45, 7) is -0.419. The van der Waals surface area contributed by atoms with Crippen molar-refractivity contribution in [1.82, 2.24) is 10.2 Å². The van der Waals surface area contributed by atoms with Crippen LogP contribution in [0.2, 0.25) is 0 Å². The van der Waals surface area contributed by atoms with E-state index in [-0.39, 0.29) is 42.4 Å². The van der Waals surface area contributed by atoms with Gasteiger partial charge in [-0.2, -0.15) is 0 Å². The van der Waals surface area contributed by atoms with Crippen LogP contribution in [-0.2, 0) is 22.7 Å². The van der Waals surface area contributed by atoms with Crippen LogP contribution in [0.25, 0.3) is 0 Å². The fraction of sp³-hybridized carbons (Fsp3) is 0.167. The zero-order valence-electron chi connectivity index (χ0n) is 14.1. The maximum atomic E-state index is 12.5. The lowest BCUT2D eigenvalue weighted by atomic mass is 10.1. The van der Waals surface area contributed by atoms with Crippen LogP contribution in [0.3, 0.4) is 0 Å². The molecule has 1 aliphatic heterocycles. The minimum atomic E-state index is -0.698. The number of nitro groups is 1. The Hall–Kier alpha value is -3.75. The molecule has 0 bridgehead atoms. The second-order valence-corrected chi connectivity index (χ2v) is 5.76. The molecule has 1 fully saturated rings. The monoisotopic (exact) mass is 369 g/mol. The summed E-state index contributed by atoms with van der Waals surface area (Å²) in [6, 6.07) is 11.9. The molecule has 0 aliphatic carbocycles. The van der Waals surface area contributed by atoms with Crippen molar-refractivity contribution in [2.75, 3.05) is 6.54 Å². The zero-order valence-corrected chi connectivity index (χ0v) is 14.1. The number of hydrogen-bond donors (Lipinski definition) is 1. The highest BCUT2D eigenvalue weighted by molar-refractivity contribution is 6.02. The zero-order chi connectivity index (χ0) is 19.4. The van der Waals surface area contributed by atoms with Gasteiger partial charge < -0.3 is 10.1 Å². The molecule has 1 heterocycles. The van der Waals surface area contributed by atoms with Crippen LogP contribution >= 0.6 is 0 Å². The molecule has 1 N–H and O–H groups in total. The Bertz CT molecular complexity index is 911. The van der Waals surface area contributed by atoms with Crippen molar-refractivity contribution in [2.24, 2.45) is 0 Å². The Balaban J connectivity index is 1.75. The van der Waals surface area contributed by atoms with Gasteiger partial charge in [0.2, 0.25) is 5.91 Å². The third-order valence-corrected chi connectivity index (χ3v) is 4.05. The SMILES string of the molecule is O=C(OCc1ccccc1[N+](=O)[O-])c1ccccc1CN1C(=O)CNC1=O. The van der Waals surface area contributed by atoms with Crippen molar-refractivity contribution < 1.29 is 24.0 Å². The predicted octanol–water partition coefficient (Wildman–Crippen LogP) is 2.00. The Kier molecular flexibility index (Phi) is 5.11. The number of urea groups is 1. The first kappa shape index (κ1) is 18.1. The van der Waals surface area contributed by atoms with Gasteiger partial charge in [0, 0.05) is 6.07 Å². The average molecular weight is 369 g/mol. The molecule has 0 radical (unpaired) electrons. The molecule has 138 valence electrons. The van der Waals surface area contributed by atoms with Gasteiger partial charge in [0.1, 0.15) is 6.61 Å². The summed E-state index contributed by atoms with van der Waals surface area (Å²) < 4.78 is 5.22. The minimum absolute atomic E-state index is 0.0680. The van der Waals surface area contributed by atoms with Gasteiger partial charge in [-0.1, -0.05) is 30.3 Å². The van der Waals surface area contributed by atoms with Crippen LogP contribution in [0.1, 0.15) is 21.5 Å². The van der Waals surface area contributed by atoms with Gasteiger partial charge in [0.25, 0.3) is 5.69 Å². The highest BCUT2D eigenvalue weighted by Gasteiger charge is 2.29. The maximum Gasteiger partial charge on any atom is 0.338 e. The number of nitro benzene ring substituents is 1. The van der Waals surface area contributed by atoms with Crippen molar-refractivity contribution in [3.63, 3.8) is 0 Å². The summed E-state index contributed by atoms with van der Waals surface area (Å²) in [7, 11) is 0. The number of rotatable bonds is 6. The standard InChI is InChI=1S/C18H15N3O6/c22-16-9-19-18(24)20(16)10-12-5-1-3-7-14(12)17(23)27-11-13-6-2-4-8-15(13)21(25)26/h1-8H,9-11H2,(H,19,24). The quantitative estimate of drug-likeness (QED) is 0.360. The number of benzene rings is 2. The second-order valence-electron chi connectivity index (χ2n) is 5.76. The van der Waals surface area contributed by atoms with Crippen LogP contribution in [0.5, 0.6) is 0 Å². The molecule has 1 saturated heterocycles. The molecule has 2 aromatic carbocycles. The van der Waals surface area contributed by atoms with Crippen LogP contribution in [0, 0.1) is 10.1 Å². The van der Waals surface area contributed by atoms with E-state index >= 15 is 0 Å². The molecule has 3 rings (SSSR count). The topological polar surface area (TPSA) is 119 Å². The van der Waals surface area contributed by atoms with Crippen LogP contribution in [-0.4, -0.2) is 34.3 Å². The number of nitrogens with zero attached hydrogens (tertiary/aromatic N) is 2. The normalized spacial score (nSPS) is 13.4. The number of nitrogens with one attached hydrogen (secondary N) is 1. The number of esters is 1. The summed E-state index contributed by atoms with van der Waals surface area (Å²) in [5.74, 6) is -1.08. The first-order valence-corrected chi connectivity index (χ1v) is 8.03. The third kappa shape index (κ3) is 3.92. The number of ether oxygens (including phenoxy) is 1. The van der Waals surface area contributed by atoms with E-state index < -0.39 is 16.9 Å². The van der Waals surface area contributed by atoms with E-state index in [4.69, 9.17) is 4.74 Å². The summed E-state index contributed by atoms with van der Waals surface area (Å²) in [4.78, 5) is 47.4. The fourth-order valence-electron chi connectivity index (χ4n) is 2.68. The molecule has 0 spiro atoms. The first-order chi connectivity index (χ1) is 13.0. The minimum Gasteiger partial charge on any atom is -0.457 e. The van der Waals surface area contributed by atoms with Crippen LogP contribution in [0.4, 0.5) is 10.5 Å². The first-order valence-electron chi connectivity index (χ1n) is 8.03. The van der Waals surface area contributed by atoms with E-state index in [1.807, 2.05) is 0 Å². The number of imide groups is 1. The average Bonchev–Trinajstić information content (AvgIpc) is 2.98. The van der Waals surface area contributed by atoms with Gasteiger partial charge >= 0.3 is 12.0 Å². The van der Waals surface area contributed by atoms with Crippen molar-refractivity contribution in [3.05, 3.63) is 75.3 Å². The van der Waals surface area contributed by atoms with Gasteiger partial charge in [0.05, 0.1) is 29.1 Å². The Labute approximate surface area is 153 Å². The number of carbonyl (C=O) groups is 3. The molecule has 1 aliphatic rings. The van der Waals surface area contributed by atoms with Gasteiger partial charge in [-0.3, -0.25) is 19.8 Å². The maximum absolute atomic E-state index is 12.5. The summed E-state index contributed by atoms with van der Waals surface area (Å²) in [5.41, 5.74) is 0.749. The Morgan fingerprint density at radius 2 is 1.78 bits per heavy atom. The lowest BCUT2D eigenvalue weighted by molar-refractivity contribution is -0.385. The van der Waals surface area contributed by atoms with E-state index in [1.165, 1.54) is 24.3 Å². The third-order valence-electron chi connectivity index (χ3n) is 4.05. The smallest absolute Gasteiger partial charge is 0.338 e. The Morgan fingerprint density at radius 3 is 2.44 bits per heavy atom. The lowest BCUT2D eigenvalue weighted by Gasteiger charge is -2.15. The van der Waals surface area contributed by atoms with E-state index in [9.17, 15) is 24.5 Å². The van der Waals surface area contributed by atoms with E-state index in [2.05, 4.69) is 5.32 Å². The van der Waals surface area contributed by atoms with E-state index in [0.29, 0.717) is 5.56 Å². The molecule has 3 amide bonds. The van der Waals surface area contributed by atoms with Gasteiger partial charge in [0.15, 0.2) is 0 Å². The summed E-state index contributed by atoms with van der Waals surface area (Å²) in [5, 5.41) is 13.4. The molecule has 2 aromatic rings. The fourth-order valence-corrected chi connectivity index (χ4v) is 2.68. The van der Waals surface area contributed by atoms with Gasteiger partial charge in [-0.25, -0.2) is 9.59 Å². The van der Waals surface area contributed by atoms with Crippen molar-refractivity contribution >= 4 is 23.6 Å². The molecule has 27 heavy (non-hydrogen) atoms. The molecule has 0 atom stereocenters. The Morgan fingerprint density at radius 1 is 1.11 bits per heavy atom. The number of hydrogen-bond acceptors (Lipinski definition) is 6. The van der Waals surface area contributed by atoms with E-state index in [1.54, 1.807) is 24.3 Å². The molecular weight excluding hydrogens is 354 g/mol. The van der Waals surface area contributed by atoms with Crippen molar-refractivity contribution in [2.45, 2.75) is 13.2 Å². The lowest BCUT2D eigenvalue weighted by Crippen LogP contribution is -2.31. The van der Waals surface area contributed by atoms with E-state index in [0.717, 1.165) is 4.90 Å². The highest BCUT2D eigenvalue weighted by atomic mass is 16.6. The summed E-state index contributed by atoms with van der Waals surface area (Å²) in [6.07, 6.45) is 0. The van der Waals surface area contributed by atoms with Crippen LogP contribution < -0.4 is 5.32 Å². The molecular formula is C18H15N3O6. The molecule has 0 aromatic heterocycles. The number of amides is 3. The molecule has 0 saturated carbocycles. The van der Waals surface area contributed by atoms with Gasteiger partial charge in [-0.15, -0.1) is 0 Å². The largest absolute Gasteiger partial charge is 0.457 e. The molecule has 9 nitrogen and oxygen atoms in total. The second kappa shape index (κ2) is 7.65. The molecule has 0 unspecified atom stereocenters.